The SMILES string of the molecule is Cc1cncnc1N1CCN(Cc2ccc(C(F)(F)F)cc2)CC1. The number of alkyl halides is 3. The van der Waals surface area contributed by atoms with Gasteiger partial charge in [0.2, 0.25) is 0 Å². The minimum Gasteiger partial charge on any atom is -0.354 e. The van der Waals surface area contributed by atoms with Gasteiger partial charge in [0.25, 0.3) is 0 Å². The van der Waals surface area contributed by atoms with E-state index in [1.165, 1.54) is 0 Å². The van der Waals surface area contributed by atoms with Crippen LogP contribution in [-0.2, 0) is 12.7 Å². The number of rotatable bonds is 3. The lowest BCUT2D eigenvalue weighted by molar-refractivity contribution is -0.137. The maximum atomic E-state index is 12.6. The summed E-state index contributed by atoms with van der Waals surface area (Å²) in [6, 6.07) is 5.42. The molecule has 1 fully saturated rings. The molecule has 0 aliphatic carbocycles. The number of aromatic nitrogens is 2. The molecule has 0 saturated carbocycles. The van der Waals surface area contributed by atoms with Crippen LogP contribution in [0.15, 0.2) is 36.8 Å². The Morgan fingerprint density at radius 2 is 1.71 bits per heavy atom. The van der Waals surface area contributed by atoms with Crippen molar-refractivity contribution in [3.8, 4) is 0 Å². The fourth-order valence-electron chi connectivity index (χ4n) is 2.90. The molecule has 24 heavy (non-hydrogen) atoms. The highest BCUT2D eigenvalue weighted by molar-refractivity contribution is 5.44. The van der Waals surface area contributed by atoms with Gasteiger partial charge in [-0.2, -0.15) is 13.2 Å². The van der Waals surface area contributed by atoms with Crippen molar-refractivity contribution >= 4 is 5.82 Å². The standard InChI is InChI=1S/C17H19F3N4/c1-13-10-21-12-22-16(13)24-8-6-23(7-9-24)11-14-2-4-15(5-3-14)17(18,19)20/h2-5,10,12H,6-9,11H2,1H3. The van der Waals surface area contributed by atoms with Gasteiger partial charge < -0.3 is 4.90 Å². The Bertz CT molecular complexity index is 677. The lowest BCUT2D eigenvalue weighted by atomic mass is 10.1. The van der Waals surface area contributed by atoms with Gasteiger partial charge in [0, 0.05) is 44.5 Å². The number of nitrogens with zero attached hydrogens (tertiary/aromatic N) is 4. The molecule has 0 N–H and O–H groups in total. The zero-order valence-electron chi connectivity index (χ0n) is 13.4. The molecule has 128 valence electrons. The fraction of sp³-hybridized carbons (Fsp3) is 0.412. The van der Waals surface area contributed by atoms with E-state index in [4.69, 9.17) is 0 Å². The monoisotopic (exact) mass is 336 g/mol. The highest BCUT2D eigenvalue weighted by atomic mass is 19.4. The third-order valence-corrected chi connectivity index (χ3v) is 4.23. The summed E-state index contributed by atoms with van der Waals surface area (Å²) in [5.74, 6) is 0.958. The first-order valence-electron chi connectivity index (χ1n) is 7.83. The average Bonchev–Trinajstić information content (AvgIpc) is 2.56. The fourth-order valence-corrected chi connectivity index (χ4v) is 2.90. The van der Waals surface area contributed by atoms with Gasteiger partial charge in [0.1, 0.15) is 12.1 Å². The molecule has 7 heteroatoms. The van der Waals surface area contributed by atoms with Gasteiger partial charge in [-0.1, -0.05) is 12.1 Å². The van der Waals surface area contributed by atoms with Gasteiger partial charge in [0.15, 0.2) is 0 Å². The quantitative estimate of drug-likeness (QED) is 0.862. The predicted molar refractivity (Wildman–Crippen MR) is 85.7 cm³/mol. The Morgan fingerprint density at radius 1 is 1.04 bits per heavy atom. The van der Waals surface area contributed by atoms with E-state index in [1.54, 1.807) is 24.7 Å². The van der Waals surface area contributed by atoms with E-state index < -0.39 is 11.7 Å². The van der Waals surface area contributed by atoms with Crippen LogP contribution < -0.4 is 4.90 Å². The summed E-state index contributed by atoms with van der Waals surface area (Å²) in [7, 11) is 0. The summed E-state index contributed by atoms with van der Waals surface area (Å²) in [5, 5.41) is 0. The number of halogens is 3. The molecule has 0 radical (unpaired) electrons. The van der Waals surface area contributed by atoms with Gasteiger partial charge in [-0.25, -0.2) is 9.97 Å². The summed E-state index contributed by atoms with van der Waals surface area (Å²) < 4.78 is 37.8. The first kappa shape index (κ1) is 16.7. The Balaban J connectivity index is 1.57. The van der Waals surface area contributed by atoms with E-state index in [1.807, 2.05) is 6.92 Å². The zero-order valence-corrected chi connectivity index (χ0v) is 13.4. The molecule has 3 rings (SSSR count). The van der Waals surface area contributed by atoms with E-state index in [2.05, 4.69) is 19.8 Å². The molecule has 4 nitrogen and oxygen atoms in total. The zero-order chi connectivity index (χ0) is 17.2. The molecule has 0 amide bonds. The van der Waals surface area contributed by atoms with E-state index in [0.29, 0.717) is 6.54 Å². The number of piperazine rings is 1. The molecular formula is C17H19F3N4. The topological polar surface area (TPSA) is 32.3 Å². The van der Waals surface area contributed by atoms with Gasteiger partial charge in [0.05, 0.1) is 5.56 Å². The van der Waals surface area contributed by atoms with Crippen LogP contribution in [0.5, 0.6) is 0 Å². The van der Waals surface area contributed by atoms with Gasteiger partial charge >= 0.3 is 6.18 Å². The summed E-state index contributed by atoms with van der Waals surface area (Å²) >= 11 is 0. The normalized spacial score (nSPS) is 16.4. The Labute approximate surface area is 138 Å². The first-order valence-corrected chi connectivity index (χ1v) is 7.83. The Hall–Kier alpha value is -2.15. The molecule has 1 aromatic heterocycles. The second-order valence-electron chi connectivity index (χ2n) is 5.99. The first-order chi connectivity index (χ1) is 11.4. The minimum absolute atomic E-state index is 0.602. The number of benzene rings is 1. The minimum atomic E-state index is -4.28. The number of aryl methyl sites for hydroxylation is 1. The lowest BCUT2D eigenvalue weighted by Gasteiger charge is -2.35. The number of anilines is 1. The third-order valence-electron chi connectivity index (χ3n) is 4.23. The summed E-state index contributed by atoms with van der Waals surface area (Å²) in [6.45, 7) is 6.05. The van der Waals surface area contributed by atoms with E-state index >= 15 is 0 Å². The molecule has 1 aliphatic rings. The molecule has 1 aromatic carbocycles. The van der Waals surface area contributed by atoms with Gasteiger partial charge in [-0.05, 0) is 24.6 Å². The van der Waals surface area contributed by atoms with Crippen molar-refractivity contribution in [1.82, 2.24) is 14.9 Å². The van der Waals surface area contributed by atoms with E-state index in [9.17, 15) is 13.2 Å². The summed E-state index contributed by atoms with van der Waals surface area (Å²) in [6.07, 6.45) is -0.923. The van der Waals surface area contributed by atoms with Crippen LogP contribution in [-0.4, -0.2) is 41.0 Å². The highest BCUT2D eigenvalue weighted by Crippen LogP contribution is 2.29. The Morgan fingerprint density at radius 3 is 2.29 bits per heavy atom. The van der Waals surface area contributed by atoms with Gasteiger partial charge in [-0.15, -0.1) is 0 Å². The van der Waals surface area contributed by atoms with Gasteiger partial charge in [-0.3, -0.25) is 4.90 Å². The maximum absolute atomic E-state index is 12.6. The predicted octanol–water partition coefficient (Wildman–Crippen LogP) is 3.13. The maximum Gasteiger partial charge on any atom is 0.416 e. The highest BCUT2D eigenvalue weighted by Gasteiger charge is 2.30. The largest absolute Gasteiger partial charge is 0.416 e. The molecule has 0 unspecified atom stereocenters. The molecule has 0 bridgehead atoms. The van der Waals surface area contributed by atoms with E-state index in [0.717, 1.165) is 55.3 Å². The van der Waals surface area contributed by atoms with Crippen LogP contribution in [0.4, 0.5) is 19.0 Å². The number of hydrogen-bond donors (Lipinski definition) is 0. The second-order valence-corrected chi connectivity index (χ2v) is 5.99. The lowest BCUT2D eigenvalue weighted by Crippen LogP contribution is -2.46. The second kappa shape index (κ2) is 6.76. The van der Waals surface area contributed by atoms with Crippen LogP contribution in [0, 0.1) is 6.92 Å². The van der Waals surface area contributed by atoms with Crippen molar-refractivity contribution in [3.63, 3.8) is 0 Å². The molecular weight excluding hydrogens is 317 g/mol. The molecule has 0 spiro atoms. The van der Waals surface area contributed by atoms with Crippen LogP contribution >= 0.6 is 0 Å². The van der Waals surface area contributed by atoms with Crippen molar-refractivity contribution in [1.29, 1.82) is 0 Å². The number of hydrogen-bond acceptors (Lipinski definition) is 4. The average molecular weight is 336 g/mol. The molecule has 1 saturated heterocycles. The van der Waals surface area contributed by atoms with Crippen LogP contribution in [0.2, 0.25) is 0 Å². The van der Waals surface area contributed by atoms with Crippen LogP contribution in [0.1, 0.15) is 16.7 Å². The molecule has 1 aliphatic heterocycles. The van der Waals surface area contributed by atoms with Crippen molar-refractivity contribution in [2.75, 3.05) is 31.1 Å². The van der Waals surface area contributed by atoms with Crippen molar-refractivity contribution in [2.45, 2.75) is 19.6 Å². The van der Waals surface area contributed by atoms with Crippen molar-refractivity contribution in [2.24, 2.45) is 0 Å². The smallest absolute Gasteiger partial charge is 0.354 e. The molecule has 2 heterocycles. The van der Waals surface area contributed by atoms with Crippen molar-refractivity contribution in [3.05, 3.63) is 53.5 Å². The summed E-state index contributed by atoms with van der Waals surface area (Å²) in [4.78, 5) is 12.8. The molecule has 0 atom stereocenters. The Kier molecular flexibility index (Phi) is 4.71. The molecule has 2 aromatic rings. The van der Waals surface area contributed by atoms with E-state index in [-0.39, 0.29) is 0 Å². The van der Waals surface area contributed by atoms with Crippen LogP contribution in [0.25, 0.3) is 0 Å². The van der Waals surface area contributed by atoms with Crippen LogP contribution in [0.3, 0.4) is 0 Å². The summed E-state index contributed by atoms with van der Waals surface area (Å²) in [5.41, 5.74) is 1.35. The third kappa shape index (κ3) is 3.84. The van der Waals surface area contributed by atoms with Crippen molar-refractivity contribution < 1.29 is 13.2 Å².